The van der Waals surface area contributed by atoms with Crippen LogP contribution in [0.4, 0.5) is 0 Å². The smallest absolute Gasteiger partial charge is 0.339 e. The molecule has 0 atom stereocenters. The van der Waals surface area contributed by atoms with Crippen LogP contribution in [-0.4, -0.2) is 26.6 Å². The van der Waals surface area contributed by atoms with Crippen molar-refractivity contribution >= 4 is 16.0 Å². The normalized spacial score (nSPS) is 11.2. The summed E-state index contributed by atoms with van der Waals surface area (Å²) in [6.07, 6.45) is 0. The number of ether oxygens (including phenoxy) is 1. The Bertz CT molecular complexity index is 535. The third-order valence-corrected chi connectivity index (χ3v) is 2.90. The second kappa shape index (κ2) is 4.11. The standard InChI is InChI=1S/C9H11NO5S/c1-5-3-6(16(10,13)14)4-7(9(11)12)8(5)15-2/h3-4H,1-2H3,(H,11,12)(H2,10,13,14). The Morgan fingerprint density at radius 1 is 1.44 bits per heavy atom. The van der Waals surface area contributed by atoms with Gasteiger partial charge in [0.2, 0.25) is 10.0 Å². The molecule has 0 saturated carbocycles. The van der Waals surface area contributed by atoms with E-state index in [4.69, 9.17) is 15.0 Å². The van der Waals surface area contributed by atoms with E-state index in [9.17, 15) is 13.2 Å². The van der Waals surface area contributed by atoms with Gasteiger partial charge in [-0.2, -0.15) is 0 Å². The largest absolute Gasteiger partial charge is 0.496 e. The first-order valence-electron chi connectivity index (χ1n) is 4.22. The van der Waals surface area contributed by atoms with Crippen molar-refractivity contribution in [2.45, 2.75) is 11.8 Å². The number of hydrogen-bond acceptors (Lipinski definition) is 4. The zero-order valence-electron chi connectivity index (χ0n) is 8.72. The van der Waals surface area contributed by atoms with Crippen molar-refractivity contribution in [3.63, 3.8) is 0 Å². The summed E-state index contributed by atoms with van der Waals surface area (Å²) in [6.45, 7) is 1.54. The number of methoxy groups -OCH3 is 1. The van der Waals surface area contributed by atoms with E-state index in [1.165, 1.54) is 13.2 Å². The summed E-state index contributed by atoms with van der Waals surface area (Å²) >= 11 is 0. The fourth-order valence-electron chi connectivity index (χ4n) is 1.33. The van der Waals surface area contributed by atoms with Gasteiger partial charge in [0.05, 0.1) is 12.0 Å². The number of aromatic carboxylic acids is 1. The van der Waals surface area contributed by atoms with Crippen LogP contribution in [0.25, 0.3) is 0 Å². The van der Waals surface area contributed by atoms with Gasteiger partial charge in [0.15, 0.2) is 0 Å². The predicted octanol–water partition coefficient (Wildman–Crippen LogP) is 0.349. The summed E-state index contributed by atoms with van der Waals surface area (Å²) in [5.41, 5.74) is 0.165. The summed E-state index contributed by atoms with van der Waals surface area (Å²) in [5, 5.41) is 13.8. The molecule has 0 saturated heterocycles. The Kier molecular flexibility index (Phi) is 3.20. The third-order valence-electron chi connectivity index (χ3n) is 2.01. The molecular weight excluding hydrogens is 234 g/mol. The van der Waals surface area contributed by atoms with E-state index >= 15 is 0 Å². The van der Waals surface area contributed by atoms with Crippen LogP contribution in [0.1, 0.15) is 15.9 Å². The van der Waals surface area contributed by atoms with Crippen molar-refractivity contribution in [3.8, 4) is 5.75 Å². The van der Waals surface area contributed by atoms with Crippen LogP contribution >= 0.6 is 0 Å². The molecule has 0 fully saturated rings. The minimum atomic E-state index is -3.93. The fourth-order valence-corrected chi connectivity index (χ4v) is 1.96. The van der Waals surface area contributed by atoms with Crippen molar-refractivity contribution in [3.05, 3.63) is 23.3 Å². The van der Waals surface area contributed by atoms with Gasteiger partial charge in [0, 0.05) is 0 Å². The lowest BCUT2D eigenvalue weighted by Crippen LogP contribution is -2.14. The summed E-state index contributed by atoms with van der Waals surface area (Å²) in [7, 11) is -2.61. The highest BCUT2D eigenvalue weighted by atomic mass is 32.2. The van der Waals surface area contributed by atoms with Crippen LogP contribution in [0.15, 0.2) is 17.0 Å². The predicted molar refractivity (Wildman–Crippen MR) is 56.1 cm³/mol. The zero-order valence-corrected chi connectivity index (χ0v) is 9.54. The molecule has 0 amide bonds. The van der Waals surface area contributed by atoms with Crippen molar-refractivity contribution in [2.24, 2.45) is 5.14 Å². The molecule has 1 aromatic carbocycles. The van der Waals surface area contributed by atoms with Crippen LogP contribution < -0.4 is 9.88 Å². The van der Waals surface area contributed by atoms with Gasteiger partial charge in [-0.05, 0) is 24.6 Å². The van der Waals surface area contributed by atoms with Crippen LogP contribution in [0.5, 0.6) is 5.75 Å². The topological polar surface area (TPSA) is 107 Å². The maximum atomic E-state index is 11.1. The highest BCUT2D eigenvalue weighted by molar-refractivity contribution is 7.89. The molecule has 6 nitrogen and oxygen atoms in total. The Balaban J connectivity index is 3.59. The molecule has 16 heavy (non-hydrogen) atoms. The van der Waals surface area contributed by atoms with Gasteiger partial charge in [-0.15, -0.1) is 0 Å². The van der Waals surface area contributed by atoms with E-state index in [2.05, 4.69) is 0 Å². The average Bonchev–Trinajstić information content (AvgIpc) is 2.14. The van der Waals surface area contributed by atoms with Crippen LogP contribution in [0, 0.1) is 6.92 Å². The summed E-state index contributed by atoms with van der Waals surface area (Å²) < 4.78 is 27.1. The maximum absolute atomic E-state index is 11.1. The summed E-state index contributed by atoms with van der Waals surface area (Å²) in [4.78, 5) is 10.6. The number of primary sulfonamides is 1. The second-order valence-corrected chi connectivity index (χ2v) is 4.73. The number of benzene rings is 1. The minimum Gasteiger partial charge on any atom is -0.496 e. The molecule has 0 aromatic heterocycles. The quantitative estimate of drug-likeness (QED) is 0.799. The molecule has 7 heteroatoms. The average molecular weight is 245 g/mol. The van der Waals surface area contributed by atoms with E-state index < -0.39 is 16.0 Å². The summed E-state index contributed by atoms with van der Waals surface area (Å²) in [6, 6.07) is 2.24. The molecular formula is C9H11NO5S. The van der Waals surface area contributed by atoms with Crippen LogP contribution in [0.3, 0.4) is 0 Å². The third kappa shape index (κ3) is 2.31. The SMILES string of the molecule is COc1c(C)cc(S(N)(=O)=O)cc1C(=O)O. The Hall–Kier alpha value is -1.60. The van der Waals surface area contributed by atoms with Crippen molar-refractivity contribution < 1.29 is 23.1 Å². The molecule has 0 radical (unpaired) electrons. The van der Waals surface area contributed by atoms with E-state index in [0.29, 0.717) is 5.56 Å². The lowest BCUT2D eigenvalue weighted by atomic mass is 10.1. The Labute approximate surface area is 92.7 Å². The number of carboxylic acids is 1. The Morgan fingerprint density at radius 3 is 2.38 bits per heavy atom. The first-order chi connectivity index (χ1) is 7.27. The lowest BCUT2D eigenvalue weighted by molar-refractivity contribution is 0.0693. The molecule has 1 aromatic rings. The monoisotopic (exact) mass is 245 g/mol. The maximum Gasteiger partial charge on any atom is 0.339 e. The van der Waals surface area contributed by atoms with E-state index in [1.807, 2.05) is 0 Å². The van der Waals surface area contributed by atoms with Gasteiger partial charge in [-0.1, -0.05) is 0 Å². The minimum absolute atomic E-state index is 0.125. The molecule has 3 N–H and O–H groups in total. The molecule has 1 rings (SSSR count). The van der Waals surface area contributed by atoms with Crippen LogP contribution in [0.2, 0.25) is 0 Å². The molecule has 0 heterocycles. The fraction of sp³-hybridized carbons (Fsp3) is 0.222. The highest BCUT2D eigenvalue weighted by Crippen LogP contribution is 2.26. The molecule has 0 aliphatic carbocycles. The zero-order chi connectivity index (χ0) is 12.5. The lowest BCUT2D eigenvalue weighted by Gasteiger charge is -2.10. The number of aryl methyl sites for hydroxylation is 1. The first kappa shape index (κ1) is 12.5. The van der Waals surface area contributed by atoms with Gasteiger partial charge in [0.1, 0.15) is 11.3 Å². The summed E-state index contributed by atoms with van der Waals surface area (Å²) in [5.74, 6) is -1.15. The number of rotatable bonds is 3. The molecule has 0 unspecified atom stereocenters. The van der Waals surface area contributed by atoms with E-state index in [-0.39, 0.29) is 16.2 Å². The van der Waals surface area contributed by atoms with Gasteiger partial charge < -0.3 is 9.84 Å². The van der Waals surface area contributed by atoms with Crippen molar-refractivity contribution in [2.75, 3.05) is 7.11 Å². The van der Waals surface area contributed by atoms with Gasteiger partial charge in [-0.3, -0.25) is 0 Å². The Morgan fingerprint density at radius 2 is 2.00 bits per heavy atom. The number of carbonyl (C=O) groups is 1. The first-order valence-corrected chi connectivity index (χ1v) is 5.76. The van der Waals surface area contributed by atoms with E-state index in [1.54, 1.807) is 6.92 Å². The van der Waals surface area contributed by atoms with E-state index in [0.717, 1.165) is 6.07 Å². The second-order valence-electron chi connectivity index (χ2n) is 3.17. The number of sulfonamides is 1. The molecule has 0 aliphatic heterocycles. The van der Waals surface area contributed by atoms with Gasteiger partial charge in [0.25, 0.3) is 0 Å². The highest BCUT2D eigenvalue weighted by Gasteiger charge is 2.19. The molecule has 88 valence electrons. The molecule has 0 bridgehead atoms. The number of hydrogen-bond donors (Lipinski definition) is 2. The van der Waals surface area contributed by atoms with Gasteiger partial charge >= 0.3 is 5.97 Å². The van der Waals surface area contributed by atoms with Gasteiger partial charge in [-0.25, -0.2) is 18.4 Å². The van der Waals surface area contributed by atoms with Crippen molar-refractivity contribution in [1.29, 1.82) is 0 Å². The molecule has 0 aliphatic rings. The number of carboxylic acid groups (broad SMARTS) is 1. The van der Waals surface area contributed by atoms with Crippen molar-refractivity contribution in [1.82, 2.24) is 0 Å². The van der Waals surface area contributed by atoms with Crippen LogP contribution in [-0.2, 0) is 10.0 Å². The molecule has 0 spiro atoms. The number of nitrogens with two attached hydrogens (primary N) is 1.